The van der Waals surface area contributed by atoms with Gasteiger partial charge in [-0.3, -0.25) is 9.59 Å². The molecule has 7 heteroatoms. The van der Waals surface area contributed by atoms with Gasteiger partial charge in [0.15, 0.2) is 0 Å². The molecule has 0 saturated carbocycles. The van der Waals surface area contributed by atoms with Gasteiger partial charge in [-0.05, 0) is 42.3 Å². The number of rotatable bonds is 7. The lowest BCUT2D eigenvalue weighted by Gasteiger charge is -2.25. The fourth-order valence-electron chi connectivity index (χ4n) is 3.86. The van der Waals surface area contributed by atoms with Gasteiger partial charge in [-0.15, -0.1) is 0 Å². The van der Waals surface area contributed by atoms with E-state index in [1.54, 1.807) is 29.2 Å². The van der Waals surface area contributed by atoms with Crippen LogP contribution < -0.4 is 9.64 Å². The van der Waals surface area contributed by atoms with Crippen molar-refractivity contribution in [3.63, 3.8) is 0 Å². The summed E-state index contributed by atoms with van der Waals surface area (Å²) in [5.41, 5.74) is 1.49. The Bertz CT molecular complexity index is 1220. The number of anilines is 1. The summed E-state index contributed by atoms with van der Waals surface area (Å²) in [6.07, 6.45) is 0. The number of hydrogen-bond donors (Lipinski definition) is 0. The maximum absolute atomic E-state index is 14.6. The number of imide groups is 1. The molecule has 1 aliphatic heterocycles. The molecule has 0 N–H and O–H groups in total. The predicted octanol–water partition coefficient (Wildman–Crippen LogP) is 4.78. The standard InChI is InChI=1S/C26H22F2N2O3/c1-3-29(16-17-7-5-4-6-8-17)24-23(18-9-12-20(33-2)13-10-18)25(31)30(26(24)32)22-14-11-19(27)15-21(22)28/h4-15H,3,16H2,1-2H3. The Morgan fingerprint density at radius 2 is 1.61 bits per heavy atom. The number of hydrogen-bond acceptors (Lipinski definition) is 4. The number of carbonyl (C=O) groups is 2. The fourth-order valence-corrected chi connectivity index (χ4v) is 3.86. The van der Waals surface area contributed by atoms with Crippen LogP contribution >= 0.6 is 0 Å². The molecule has 0 atom stereocenters. The summed E-state index contributed by atoms with van der Waals surface area (Å²) in [5, 5.41) is 0. The van der Waals surface area contributed by atoms with E-state index in [4.69, 9.17) is 4.74 Å². The van der Waals surface area contributed by atoms with Crippen molar-refractivity contribution >= 4 is 23.1 Å². The summed E-state index contributed by atoms with van der Waals surface area (Å²) in [6.45, 7) is 2.69. The third-order valence-corrected chi connectivity index (χ3v) is 5.50. The molecule has 0 unspecified atom stereocenters. The molecule has 0 saturated heterocycles. The van der Waals surface area contributed by atoms with Gasteiger partial charge in [0.2, 0.25) is 0 Å². The molecule has 3 aromatic rings. The van der Waals surface area contributed by atoms with Crippen LogP contribution in [-0.2, 0) is 16.1 Å². The highest BCUT2D eigenvalue weighted by molar-refractivity contribution is 6.45. The molecule has 33 heavy (non-hydrogen) atoms. The Morgan fingerprint density at radius 1 is 0.909 bits per heavy atom. The van der Waals surface area contributed by atoms with Gasteiger partial charge < -0.3 is 9.64 Å². The summed E-state index contributed by atoms with van der Waals surface area (Å²) in [5.74, 6) is -2.52. The average molecular weight is 448 g/mol. The summed E-state index contributed by atoms with van der Waals surface area (Å²) in [6, 6.07) is 19.0. The number of amides is 2. The topological polar surface area (TPSA) is 49.9 Å². The van der Waals surface area contributed by atoms with Crippen LogP contribution in [0, 0.1) is 11.6 Å². The molecule has 1 heterocycles. The van der Waals surface area contributed by atoms with Gasteiger partial charge in [-0.2, -0.15) is 0 Å². The number of likely N-dealkylation sites (N-methyl/N-ethyl adjacent to an activating group) is 1. The van der Waals surface area contributed by atoms with Gasteiger partial charge in [-0.1, -0.05) is 42.5 Å². The smallest absolute Gasteiger partial charge is 0.282 e. The molecular formula is C26H22F2N2O3. The first-order chi connectivity index (χ1) is 15.9. The number of methoxy groups -OCH3 is 1. The molecule has 0 radical (unpaired) electrons. The van der Waals surface area contributed by atoms with E-state index in [1.165, 1.54) is 7.11 Å². The monoisotopic (exact) mass is 448 g/mol. The minimum Gasteiger partial charge on any atom is -0.497 e. The molecule has 0 aromatic heterocycles. The highest BCUT2D eigenvalue weighted by atomic mass is 19.1. The van der Waals surface area contributed by atoms with Crippen molar-refractivity contribution in [2.45, 2.75) is 13.5 Å². The lowest BCUT2D eigenvalue weighted by atomic mass is 10.0. The molecule has 3 aromatic carbocycles. The second kappa shape index (κ2) is 9.24. The van der Waals surface area contributed by atoms with Crippen molar-refractivity contribution in [2.75, 3.05) is 18.6 Å². The first-order valence-electron chi connectivity index (χ1n) is 10.5. The normalized spacial score (nSPS) is 13.6. The maximum Gasteiger partial charge on any atom is 0.282 e. The Hall–Kier alpha value is -4.00. The highest BCUT2D eigenvalue weighted by Crippen LogP contribution is 2.37. The zero-order chi connectivity index (χ0) is 23.5. The second-order valence-electron chi connectivity index (χ2n) is 7.49. The van der Waals surface area contributed by atoms with Gasteiger partial charge in [0, 0.05) is 19.2 Å². The average Bonchev–Trinajstić information content (AvgIpc) is 3.08. The van der Waals surface area contributed by atoms with Gasteiger partial charge >= 0.3 is 0 Å². The van der Waals surface area contributed by atoms with E-state index in [9.17, 15) is 18.4 Å². The van der Waals surface area contributed by atoms with E-state index in [1.807, 2.05) is 37.3 Å². The van der Waals surface area contributed by atoms with Crippen LogP contribution in [0.15, 0.2) is 78.5 Å². The molecule has 1 aliphatic rings. The fraction of sp³-hybridized carbons (Fsp3) is 0.154. The first-order valence-corrected chi connectivity index (χ1v) is 10.5. The van der Waals surface area contributed by atoms with Crippen molar-refractivity contribution < 1.29 is 23.1 Å². The highest BCUT2D eigenvalue weighted by Gasteiger charge is 2.43. The lowest BCUT2D eigenvalue weighted by Crippen LogP contribution is -2.35. The van der Waals surface area contributed by atoms with Gasteiger partial charge in [0.1, 0.15) is 23.1 Å². The van der Waals surface area contributed by atoms with E-state index >= 15 is 0 Å². The van der Waals surface area contributed by atoms with E-state index in [0.29, 0.717) is 30.5 Å². The van der Waals surface area contributed by atoms with Crippen molar-refractivity contribution in [3.8, 4) is 5.75 Å². The van der Waals surface area contributed by atoms with Crippen LogP contribution in [0.3, 0.4) is 0 Å². The number of carbonyl (C=O) groups excluding carboxylic acids is 2. The minimum absolute atomic E-state index is 0.157. The number of halogens is 2. The lowest BCUT2D eigenvalue weighted by molar-refractivity contribution is -0.120. The Kier molecular flexibility index (Phi) is 6.22. The minimum atomic E-state index is -0.988. The van der Waals surface area contributed by atoms with Crippen LogP contribution in [0.4, 0.5) is 14.5 Å². The molecule has 168 valence electrons. The van der Waals surface area contributed by atoms with Gasteiger partial charge in [-0.25, -0.2) is 13.7 Å². The van der Waals surface area contributed by atoms with E-state index in [-0.39, 0.29) is 17.0 Å². The predicted molar refractivity (Wildman–Crippen MR) is 121 cm³/mol. The summed E-state index contributed by atoms with van der Waals surface area (Å²) >= 11 is 0. The number of benzene rings is 3. The van der Waals surface area contributed by atoms with Crippen LogP contribution in [0.25, 0.3) is 5.57 Å². The van der Waals surface area contributed by atoms with Crippen LogP contribution in [0.1, 0.15) is 18.1 Å². The largest absolute Gasteiger partial charge is 0.497 e. The zero-order valence-corrected chi connectivity index (χ0v) is 18.2. The van der Waals surface area contributed by atoms with E-state index in [0.717, 1.165) is 22.6 Å². The Labute approximate surface area is 190 Å². The third kappa shape index (κ3) is 4.22. The molecule has 0 aliphatic carbocycles. The maximum atomic E-state index is 14.6. The van der Waals surface area contributed by atoms with Crippen molar-refractivity contribution in [2.24, 2.45) is 0 Å². The molecule has 5 nitrogen and oxygen atoms in total. The first kappa shape index (κ1) is 22.2. The van der Waals surface area contributed by atoms with Crippen LogP contribution in [0.5, 0.6) is 5.75 Å². The summed E-state index contributed by atoms with van der Waals surface area (Å²) in [4.78, 5) is 29.7. The summed E-state index contributed by atoms with van der Waals surface area (Å²) < 4.78 is 33.3. The number of nitrogens with zero attached hydrogens (tertiary/aromatic N) is 2. The van der Waals surface area contributed by atoms with E-state index in [2.05, 4.69) is 0 Å². The quantitative estimate of drug-likeness (QED) is 0.488. The van der Waals surface area contributed by atoms with Crippen LogP contribution in [-0.4, -0.2) is 30.4 Å². The molecule has 0 bridgehead atoms. The SMILES string of the molecule is CCN(Cc1ccccc1)C1=C(c2ccc(OC)cc2)C(=O)N(c2ccc(F)cc2F)C1=O. The molecule has 0 fully saturated rings. The van der Waals surface area contributed by atoms with E-state index < -0.39 is 23.4 Å². The third-order valence-electron chi connectivity index (χ3n) is 5.50. The molecular weight excluding hydrogens is 426 g/mol. The van der Waals surface area contributed by atoms with Gasteiger partial charge in [0.25, 0.3) is 11.8 Å². The molecule has 0 spiro atoms. The Morgan fingerprint density at radius 3 is 2.21 bits per heavy atom. The zero-order valence-electron chi connectivity index (χ0n) is 18.2. The second-order valence-corrected chi connectivity index (χ2v) is 7.49. The van der Waals surface area contributed by atoms with Crippen molar-refractivity contribution in [1.82, 2.24) is 4.90 Å². The molecule has 2 amide bonds. The van der Waals surface area contributed by atoms with Crippen molar-refractivity contribution in [3.05, 3.63) is 101 Å². The summed E-state index contributed by atoms with van der Waals surface area (Å²) in [7, 11) is 1.53. The Balaban J connectivity index is 1.84. The van der Waals surface area contributed by atoms with Crippen molar-refractivity contribution in [1.29, 1.82) is 0 Å². The molecule has 4 rings (SSSR count). The van der Waals surface area contributed by atoms with Crippen LogP contribution in [0.2, 0.25) is 0 Å². The number of ether oxygens (including phenoxy) is 1. The van der Waals surface area contributed by atoms with Gasteiger partial charge in [0.05, 0.1) is 18.4 Å².